The Labute approximate surface area is 159 Å². The number of thioether (sulfide) groups is 1. The molecule has 1 fully saturated rings. The Morgan fingerprint density at radius 3 is 3.00 bits per heavy atom. The number of aryl methyl sites for hydroxylation is 2. The number of hydrogen-bond acceptors (Lipinski definition) is 6. The number of nitrogens with one attached hydrogen (secondary N) is 1. The molecule has 1 atom stereocenters. The van der Waals surface area contributed by atoms with Crippen LogP contribution in [0.2, 0.25) is 0 Å². The fourth-order valence-electron chi connectivity index (χ4n) is 3.69. The molecule has 136 valence electrons. The predicted octanol–water partition coefficient (Wildman–Crippen LogP) is 3.14. The van der Waals surface area contributed by atoms with Crippen LogP contribution in [0.4, 0.5) is 0 Å². The number of nitrogens with zero attached hydrogens (tertiary/aromatic N) is 4. The molecule has 1 saturated carbocycles. The smallest absolute Gasteiger partial charge is 0.230 e. The highest BCUT2D eigenvalue weighted by molar-refractivity contribution is 7.99. The molecule has 0 unspecified atom stereocenters. The lowest BCUT2D eigenvalue weighted by molar-refractivity contribution is -0.118. The SMILES string of the molecule is Cc1nc2sc3c(c2c2nnc(SCC(=O)NC4CC4)n12)CC[C@@H](C)C3. The van der Waals surface area contributed by atoms with Crippen molar-refractivity contribution >= 4 is 44.9 Å². The van der Waals surface area contributed by atoms with Gasteiger partial charge in [0.25, 0.3) is 0 Å². The summed E-state index contributed by atoms with van der Waals surface area (Å²) in [6, 6.07) is 0.390. The molecule has 0 radical (unpaired) electrons. The summed E-state index contributed by atoms with van der Waals surface area (Å²) in [5, 5.41) is 13.8. The lowest BCUT2D eigenvalue weighted by Crippen LogP contribution is -2.27. The maximum atomic E-state index is 12.0. The van der Waals surface area contributed by atoms with Gasteiger partial charge in [-0.25, -0.2) is 4.98 Å². The van der Waals surface area contributed by atoms with E-state index in [1.54, 1.807) is 0 Å². The molecule has 0 bridgehead atoms. The average Bonchev–Trinajstić information content (AvgIpc) is 3.18. The van der Waals surface area contributed by atoms with Gasteiger partial charge in [-0.15, -0.1) is 21.5 Å². The van der Waals surface area contributed by atoms with Crippen LogP contribution in [0.1, 0.15) is 42.5 Å². The zero-order valence-corrected chi connectivity index (χ0v) is 16.5. The Morgan fingerprint density at radius 1 is 1.35 bits per heavy atom. The van der Waals surface area contributed by atoms with Crippen LogP contribution in [-0.4, -0.2) is 37.3 Å². The third-order valence-electron chi connectivity index (χ3n) is 5.21. The minimum Gasteiger partial charge on any atom is -0.353 e. The average molecular weight is 388 g/mol. The van der Waals surface area contributed by atoms with Gasteiger partial charge in [0, 0.05) is 10.9 Å². The number of carbonyl (C=O) groups is 1. The van der Waals surface area contributed by atoms with Crippen molar-refractivity contribution in [1.29, 1.82) is 0 Å². The highest BCUT2D eigenvalue weighted by atomic mass is 32.2. The molecule has 3 heterocycles. The van der Waals surface area contributed by atoms with Crippen molar-refractivity contribution in [2.24, 2.45) is 5.92 Å². The zero-order chi connectivity index (χ0) is 17.8. The molecule has 0 aliphatic heterocycles. The fraction of sp³-hybridized carbons (Fsp3) is 0.556. The summed E-state index contributed by atoms with van der Waals surface area (Å²) in [6.45, 7) is 4.31. The fourth-order valence-corrected chi connectivity index (χ4v) is 5.90. The van der Waals surface area contributed by atoms with Crippen LogP contribution in [0.15, 0.2) is 5.16 Å². The molecule has 5 rings (SSSR count). The Hall–Kier alpha value is -1.67. The van der Waals surface area contributed by atoms with E-state index in [1.165, 1.54) is 34.0 Å². The molecular weight excluding hydrogens is 366 g/mol. The number of rotatable bonds is 4. The highest BCUT2D eigenvalue weighted by Gasteiger charge is 2.26. The summed E-state index contributed by atoms with van der Waals surface area (Å²) < 4.78 is 2.02. The van der Waals surface area contributed by atoms with Gasteiger partial charge in [0.15, 0.2) is 10.8 Å². The summed E-state index contributed by atoms with van der Waals surface area (Å²) >= 11 is 3.25. The number of thiophene rings is 1. The molecule has 3 aromatic rings. The summed E-state index contributed by atoms with van der Waals surface area (Å²) in [5.41, 5.74) is 2.31. The van der Waals surface area contributed by atoms with Gasteiger partial charge >= 0.3 is 0 Å². The van der Waals surface area contributed by atoms with Gasteiger partial charge in [0.05, 0.1) is 11.1 Å². The number of fused-ring (bicyclic) bond motifs is 5. The van der Waals surface area contributed by atoms with Crippen molar-refractivity contribution in [2.75, 3.05) is 5.75 Å². The number of carbonyl (C=O) groups excluding carboxylic acids is 1. The first kappa shape index (κ1) is 16.5. The van der Waals surface area contributed by atoms with Gasteiger partial charge in [-0.05, 0) is 50.5 Å². The molecule has 2 aliphatic carbocycles. The molecule has 1 amide bonds. The van der Waals surface area contributed by atoms with E-state index in [4.69, 9.17) is 4.98 Å². The minimum atomic E-state index is 0.0721. The molecule has 1 N–H and O–H groups in total. The van der Waals surface area contributed by atoms with Crippen LogP contribution in [0.5, 0.6) is 0 Å². The van der Waals surface area contributed by atoms with Crippen molar-refractivity contribution in [1.82, 2.24) is 24.9 Å². The van der Waals surface area contributed by atoms with Gasteiger partial charge < -0.3 is 5.32 Å². The first-order valence-corrected chi connectivity index (χ1v) is 11.0. The lowest BCUT2D eigenvalue weighted by atomic mass is 9.89. The number of hydrogen-bond donors (Lipinski definition) is 1. The van der Waals surface area contributed by atoms with Crippen molar-refractivity contribution in [3.8, 4) is 0 Å². The van der Waals surface area contributed by atoms with Crippen molar-refractivity contribution in [3.63, 3.8) is 0 Å². The largest absolute Gasteiger partial charge is 0.353 e. The molecule has 26 heavy (non-hydrogen) atoms. The topological polar surface area (TPSA) is 72.2 Å². The van der Waals surface area contributed by atoms with Crippen LogP contribution >= 0.6 is 23.1 Å². The normalized spacial score (nSPS) is 19.8. The van der Waals surface area contributed by atoms with E-state index < -0.39 is 0 Å². The van der Waals surface area contributed by atoms with Crippen LogP contribution in [0.25, 0.3) is 15.9 Å². The minimum absolute atomic E-state index is 0.0721. The first-order chi connectivity index (χ1) is 12.6. The summed E-state index contributed by atoms with van der Waals surface area (Å²) in [5.74, 6) is 2.06. The second-order valence-corrected chi connectivity index (χ2v) is 9.49. The molecular formula is C18H21N5OS2. The van der Waals surface area contributed by atoms with Gasteiger partial charge in [0.2, 0.25) is 5.91 Å². The second kappa shape index (κ2) is 6.20. The summed E-state index contributed by atoms with van der Waals surface area (Å²) in [6.07, 6.45) is 5.66. The Balaban J connectivity index is 1.53. The molecule has 0 saturated heterocycles. The molecule has 6 nitrogen and oxygen atoms in total. The van der Waals surface area contributed by atoms with E-state index in [-0.39, 0.29) is 5.91 Å². The molecule has 3 aromatic heterocycles. The third-order valence-corrected chi connectivity index (χ3v) is 7.29. The number of amides is 1. The van der Waals surface area contributed by atoms with E-state index in [1.807, 2.05) is 22.7 Å². The molecule has 8 heteroatoms. The molecule has 0 aromatic carbocycles. The molecule has 0 spiro atoms. The van der Waals surface area contributed by atoms with Crippen LogP contribution in [0.3, 0.4) is 0 Å². The van der Waals surface area contributed by atoms with E-state index >= 15 is 0 Å². The maximum Gasteiger partial charge on any atom is 0.230 e. The van der Waals surface area contributed by atoms with Gasteiger partial charge in [-0.1, -0.05) is 18.7 Å². The third kappa shape index (κ3) is 2.79. The van der Waals surface area contributed by atoms with Crippen LogP contribution in [-0.2, 0) is 17.6 Å². The van der Waals surface area contributed by atoms with Gasteiger partial charge in [0.1, 0.15) is 10.7 Å². The maximum absolute atomic E-state index is 12.0. The van der Waals surface area contributed by atoms with E-state index in [9.17, 15) is 4.79 Å². The standard InChI is InChI=1S/C18H21N5OS2/c1-9-3-6-12-13(7-9)26-17-15(12)16-21-22-18(23(16)10(2)19-17)25-8-14(24)20-11-4-5-11/h9,11H,3-8H2,1-2H3,(H,20,24)/t9-/m1/s1. The van der Waals surface area contributed by atoms with Gasteiger partial charge in [-0.2, -0.15) is 0 Å². The second-order valence-electron chi connectivity index (χ2n) is 7.46. The Bertz CT molecular complexity index is 1020. The van der Waals surface area contributed by atoms with E-state index in [0.717, 1.165) is 53.1 Å². The van der Waals surface area contributed by atoms with Crippen LogP contribution < -0.4 is 5.32 Å². The summed E-state index contributed by atoms with van der Waals surface area (Å²) in [7, 11) is 0. The molecule has 2 aliphatic rings. The highest BCUT2D eigenvalue weighted by Crippen LogP contribution is 2.39. The van der Waals surface area contributed by atoms with E-state index in [2.05, 4.69) is 22.4 Å². The quantitative estimate of drug-likeness (QED) is 0.696. The van der Waals surface area contributed by atoms with Crippen molar-refractivity contribution < 1.29 is 4.79 Å². The van der Waals surface area contributed by atoms with Crippen molar-refractivity contribution in [3.05, 3.63) is 16.3 Å². The zero-order valence-electron chi connectivity index (χ0n) is 14.9. The van der Waals surface area contributed by atoms with Gasteiger partial charge in [-0.3, -0.25) is 9.20 Å². The monoisotopic (exact) mass is 387 g/mol. The number of aromatic nitrogens is 4. The lowest BCUT2D eigenvalue weighted by Gasteiger charge is -2.17. The summed E-state index contributed by atoms with van der Waals surface area (Å²) in [4.78, 5) is 19.4. The van der Waals surface area contributed by atoms with Crippen LogP contribution in [0, 0.1) is 12.8 Å². The first-order valence-electron chi connectivity index (χ1n) is 9.18. The van der Waals surface area contributed by atoms with E-state index in [0.29, 0.717) is 11.8 Å². The Kier molecular flexibility index (Phi) is 3.93. The predicted molar refractivity (Wildman–Crippen MR) is 104 cm³/mol. The van der Waals surface area contributed by atoms with Crippen molar-refractivity contribution in [2.45, 2.75) is 57.1 Å². The Morgan fingerprint density at radius 2 is 2.19 bits per heavy atom.